The van der Waals surface area contributed by atoms with Gasteiger partial charge in [-0.25, -0.2) is 4.98 Å². The Kier molecular flexibility index (Phi) is 4.71. The van der Waals surface area contributed by atoms with Gasteiger partial charge in [0.05, 0.1) is 15.1 Å². The molecule has 10 heteroatoms. The van der Waals surface area contributed by atoms with Gasteiger partial charge in [0.2, 0.25) is 0 Å². The molecule has 0 aliphatic carbocycles. The molecular weight excluding hydrogens is 380 g/mol. The number of aromatic nitrogens is 3. The van der Waals surface area contributed by atoms with Gasteiger partial charge in [-0.05, 0) is 26.0 Å². The summed E-state index contributed by atoms with van der Waals surface area (Å²) in [6.07, 6.45) is 1.83. The standard InChI is InChI=1S/C18H20N6O3S/c1-12(2)23-6-5-15(20-23)17(25)21-7-9-22(10-8-21)18-19-14-4-3-13(24(26)27)11-16(14)28-18/h3-6,11-12H,7-10H2,1-2H3. The Hall–Kier alpha value is -3.01. The van der Waals surface area contributed by atoms with Gasteiger partial charge < -0.3 is 9.80 Å². The maximum Gasteiger partial charge on any atom is 0.274 e. The summed E-state index contributed by atoms with van der Waals surface area (Å²) in [5.74, 6) is -0.0565. The lowest BCUT2D eigenvalue weighted by Crippen LogP contribution is -2.48. The van der Waals surface area contributed by atoms with E-state index in [1.807, 2.05) is 24.9 Å². The molecule has 0 radical (unpaired) electrons. The molecule has 4 rings (SSSR count). The van der Waals surface area contributed by atoms with Gasteiger partial charge in [0.1, 0.15) is 5.69 Å². The number of nitro groups is 1. The van der Waals surface area contributed by atoms with E-state index in [1.54, 1.807) is 22.9 Å². The summed E-state index contributed by atoms with van der Waals surface area (Å²) in [7, 11) is 0. The third-order valence-electron chi connectivity index (χ3n) is 4.77. The van der Waals surface area contributed by atoms with E-state index in [0.29, 0.717) is 31.9 Å². The first-order valence-electron chi connectivity index (χ1n) is 9.07. The number of non-ortho nitro benzene ring substituents is 1. The van der Waals surface area contributed by atoms with Crippen molar-refractivity contribution in [1.29, 1.82) is 0 Å². The number of fused-ring (bicyclic) bond motifs is 1. The van der Waals surface area contributed by atoms with Crippen molar-refractivity contribution in [2.75, 3.05) is 31.1 Å². The lowest BCUT2D eigenvalue weighted by molar-refractivity contribution is -0.384. The summed E-state index contributed by atoms with van der Waals surface area (Å²) in [4.78, 5) is 31.7. The number of hydrogen-bond acceptors (Lipinski definition) is 7. The van der Waals surface area contributed by atoms with Crippen LogP contribution in [0.2, 0.25) is 0 Å². The molecule has 2 aromatic heterocycles. The number of benzene rings is 1. The molecule has 0 atom stereocenters. The Morgan fingerprint density at radius 3 is 2.61 bits per heavy atom. The number of piperazine rings is 1. The van der Waals surface area contributed by atoms with Crippen LogP contribution in [0.4, 0.5) is 10.8 Å². The van der Waals surface area contributed by atoms with Crippen LogP contribution in [0.25, 0.3) is 10.2 Å². The fourth-order valence-corrected chi connectivity index (χ4v) is 4.20. The molecule has 0 spiro atoms. The van der Waals surface area contributed by atoms with Crippen LogP contribution in [0.1, 0.15) is 30.4 Å². The maximum atomic E-state index is 12.7. The van der Waals surface area contributed by atoms with Crippen LogP contribution in [-0.2, 0) is 0 Å². The molecule has 0 bridgehead atoms. The Balaban J connectivity index is 1.44. The molecule has 9 nitrogen and oxygen atoms in total. The minimum Gasteiger partial charge on any atom is -0.345 e. The normalized spacial score (nSPS) is 14.8. The lowest BCUT2D eigenvalue weighted by atomic mass is 10.3. The number of amides is 1. The SMILES string of the molecule is CC(C)n1ccc(C(=O)N2CCN(c3nc4ccc([N+](=O)[O-])cc4s3)CC2)n1. The highest BCUT2D eigenvalue weighted by atomic mass is 32.1. The largest absolute Gasteiger partial charge is 0.345 e. The minimum absolute atomic E-state index is 0.0565. The fraction of sp³-hybridized carbons (Fsp3) is 0.389. The van der Waals surface area contributed by atoms with Crippen LogP contribution in [0, 0.1) is 10.1 Å². The topological polar surface area (TPSA) is 97.4 Å². The van der Waals surface area contributed by atoms with Crippen molar-refractivity contribution in [1.82, 2.24) is 19.7 Å². The third kappa shape index (κ3) is 3.42. The Morgan fingerprint density at radius 2 is 1.96 bits per heavy atom. The van der Waals surface area contributed by atoms with Gasteiger partial charge in [-0.3, -0.25) is 19.6 Å². The molecule has 3 heterocycles. The van der Waals surface area contributed by atoms with Crippen LogP contribution in [0.15, 0.2) is 30.5 Å². The molecule has 0 N–H and O–H groups in total. The fourth-order valence-electron chi connectivity index (χ4n) is 3.15. The number of nitrogens with zero attached hydrogens (tertiary/aromatic N) is 6. The summed E-state index contributed by atoms with van der Waals surface area (Å²) in [5, 5.41) is 16.1. The van der Waals surface area contributed by atoms with Crippen LogP contribution in [0.3, 0.4) is 0 Å². The number of anilines is 1. The van der Waals surface area contributed by atoms with Crippen LogP contribution in [-0.4, -0.2) is 56.7 Å². The number of thiazole rings is 1. The van der Waals surface area contributed by atoms with Gasteiger partial charge in [0.15, 0.2) is 5.13 Å². The zero-order valence-corrected chi connectivity index (χ0v) is 16.4. The van der Waals surface area contributed by atoms with E-state index in [2.05, 4.69) is 15.0 Å². The second kappa shape index (κ2) is 7.19. The van der Waals surface area contributed by atoms with E-state index in [9.17, 15) is 14.9 Å². The maximum absolute atomic E-state index is 12.7. The van der Waals surface area contributed by atoms with E-state index < -0.39 is 4.92 Å². The van der Waals surface area contributed by atoms with Crippen molar-refractivity contribution >= 4 is 38.3 Å². The molecular formula is C18H20N6O3S. The van der Waals surface area contributed by atoms with Crippen molar-refractivity contribution in [3.8, 4) is 0 Å². The number of carbonyl (C=O) groups excluding carboxylic acids is 1. The van der Waals surface area contributed by atoms with Gasteiger partial charge in [-0.15, -0.1) is 0 Å². The highest BCUT2D eigenvalue weighted by Gasteiger charge is 2.25. The zero-order valence-electron chi connectivity index (χ0n) is 15.6. The van der Waals surface area contributed by atoms with Crippen LogP contribution >= 0.6 is 11.3 Å². The summed E-state index contributed by atoms with van der Waals surface area (Å²) in [5.41, 5.74) is 1.29. The predicted octanol–water partition coefficient (Wildman–Crippen LogP) is 2.94. The molecule has 1 saturated heterocycles. The molecule has 0 unspecified atom stereocenters. The van der Waals surface area contributed by atoms with Crippen molar-refractivity contribution in [3.63, 3.8) is 0 Å². The van der Waals surface area contributed by atoms with Crippen molar-refractivity contribution in [2.45, 2.75) is 19.9 Å². The molecule has 3 aromatic rings. The molecule has 1 aliphatic heterocycles. The van der Waals surface area contributed by atoms with Gasteiger partial charge in [0, 0.05) is 50.6 Å². The molecule has 1 aliphatic rings. The van der Waals surface area contributed by atoms with Crippen molar-refractivity contribution < 1.29 is 9.72 Å². The first kappa shape index (κ1) is 18.4. The third-order valence-corrected chi connectivity index (χ3v) is 5.84. The van der Waals surface area contributed by atoms with Gasteiger partial charge in [-0.2, -0.15) is 5.10 Å². The highest BCUT2D eigenvalue weighted by Crippen LogP contribution is 2.31. The van der Waals surface area contributed by atoms with Crippen LogP contribution < -0.4 is 4.90 Å². The number of carbonyl (C=O) groups is 1. The van der Waals surface area contributed by atoms with E-state index in [-0.39, 0.29) is 17.6 Å². The highest BCUT2D eigenvalue weighted by molar-refractivity contribution is 7.22. The summed E-state index contributed by atoms with van der Waals surface area (Å²) in [6, 6.07) is 6.68. The smallest absolute Gasteiger partial charge is 0.274 e. The summed E-state index contributed by atoms with van der Waals surface area (Å²) in [6.45, 7) is 6.54. The number of nitro benzene ring substituents is 1. The van der Waals surface area contributed by atoms with E-state index in [1.165, 1.54) is 17.4 Å². The molecule has 1 aromatic carbocycles. The van der Waals surface area contributed by atoms with Crippen molar-refractivity contribution in [3.05, 3.63) is 46.3 Å². The first-order valence-corrected chi connectivity index (χ1v) is 9.88. The molecule has 1 amide bonds. The monoisotopic (exact) mass is 400 g/mol. The minimum atomic E-state index is -0.399. The van der Waals surface area contributed by atoms with E-state index in [4.69, 9.17) is 0 Å². The predicted molar refractivity (Wildman–Crippen MR) is 107 cm³/mol. The molecule has 1 fully saturated rings. The lowest BCUT2D eigenvalue weighted by Gasteiger charge is -2.34. The molecule has 0 saturated carbocycles. The Bertz CT molecular complexity index is 1040. The average molecular weight is 400 g/mol. The van der Waals surface area contributed by atoms with Gasteiger partial charge in [-0.1, -0.05) is 11.3 Å². The van der Waals surface area contributed by atoms with Gasteiger partial charge in [0.25, 0.3) is 11.6 Å². The van der Waals surface area contributed by atoms with Gasteiger partial charge >= 0.3 is 0 Å². The molecule has 146 valence electrons. The first-order chi connectivity index (χ1) is 13.4. The molecule has 28 heavy (non-hydrogen) atoms. The summed E-state index contributed by atoms with van der Waals surface area (Å²) >= 11 is 1.44. The van der Waals surface area contributed by atoms with Crippen molar-refractivity contribution in [2.24, 2.45) is 0 Å². The van der Waals surface area contributed by atoms with E-state index >= 15 is 0 Å². The van der Waals surface area contributed by atoms with Crippen LogP contribution in [0.5, 0.6) is 0 Å². The van der Waals surface area contributed by atoms with E-state index in [0.717, 1.165) is 15.3 Å². The average Bonchev–Trinajstić information content (AvgIpc) is 3.34. The second-order valence-corrected chi connectivity index (χ2v) is 7.97. The Morgan fingerprint density at radius 1 is 1.21 bits per heavy atom. The number of hydrogen-bond donors (Lipinski definition) is 0. The summed E-state index contributed by atoms with van der Waals surface area (Å²) < 4.78 is 2.57. The number of rotatable bonds is 4. The zero-order chi connectivity index (χ0) is 19.8. The quantitative estimate of drug-likeness (QED) is 0.493. The second-order valence-electron chi connectivity index (χ2n) is 6.96. The Labute approximate surface area is 165 Å².